The quantitative estimate of drug-likeness (QED) is 0.468. The van der Waals surface area contributed by atoms with Crippen LogP contribution in [-0.2, 0) is 23.4 Å². The maximum absolute atomic E-state index is 12.5. The first-order valence-electron chi connectivity index (χ1n) is 9.67. The molecule has 0 fully saturated rings. The molecule has 0 bridgehead atoms. The van der Waals surface area contributed by atoms with Crippen LogP contribution in [0.3, 0.4) is 0 Å². The molecule has 4 rings (SSSR count). The Morgan fingerprint density at radius 3 is 3.10 bits per heavy atom. The number of halogens is 1. The molecule has 0 radical (unpaired) electrons. The fourth-order valence-corrected chi connectivity index (χ4v) is 6.12. The van der Waals surface area contributed by atoms with Crippen LogP contribution in [0.2, 0.25) is 0 Å². The second-order valence-corrected chi connectivity index (χ2v) is 10.3. The summed E-state index contributed by atoms with van der Waals surface area (Å²) in [4.78, 5) is 34.5. The molecule has 1 aromatic carbocycles. The Hall–Kier alpha value is -1.64. The van der Waals surface area contributed by atoms with E-state index in [2.05, 4.69) is 31.2 Å². The van der Waals surface area contributed by atoms with Crippen LogP contribution in [0, 0.1) is 0 Å². The summed E-state index contributed by atoms with van der Waals surface area (Å²) in [5.41, 5.74) is 2.25. The number of rotatable bonds is 7. The number of nitrogens with one attached hydrogen (secondary N) is 2. The van der Waals surface area contributed by atoms with Gasteiger partial charge in [-0.15, -0.1) is 11.3 Å². The number of carbonyl (C=O) groups excluding carboxylic acids is 1. The van der Waals surface area contributed by atoms with Crippen molar-refractivity contribution in [2.45, 2.75) is 44.4 Å². The van der Waals surface area contributed by atoms with Gasteiger partial charge in [0.25, 0.3) is 5.56 Å². The second kappa shape index (κ2) is 9.02. The predicted molar refractivity (Wildman–Crippen MR) is 124 cm³/mol. The predicted octanol–water partition coefficient (Wildman–Crippen LogP) is 4.74. The van der Waals surface area contributed by atoms with Crippen molar-refractivity contribution in [3.8, 4) is 0 Å². The van der Waals surface area contributed by atoms with Crippen LogP contribution in [0.5, 0.6) is 0 Å². The lowest BCUT2D eigenvalue weighted by molar-refractivity contribution is -0.121. The number of hydrogen-bond donors (Lipinski definition) is 2. The van der Waals surface area contributed by atoms with E-state index in [4.69, 9.17) is 0 Å². The number of hydrogen-bond acceptors (Lipinski definition) is 5. The van der Waals surface area contributed by atoms with Gasteiger partial charge in [-0.25, -0.2) is 4.98 Å². The maximum atomic E-state index is 12.5. The van der Waals surface area contributed by atoms with Gasteiger partial charge in [0.15, 0.2) is 0 Å². The zero-order chi connectivity index (χ0) is 20.4. The average molecular weight is 492 g/mol. The molecule has 5 nitrogen and oxygen atoms in total. The Labute approximate surface area is 185 Å². The number of aromatic amines is 1. The third-order valence-electron chi connectivity index (χ3n) is 5.06. The molecule has 3 aromatic rings. The zero-order valence-electron chi connectivity index (χ0n) is 16.1. The van der Waals surface area contributed by atoms with Crippen LogP contribution < -0.4 is 10.9 Å². The molecule has 2 aromatic heterocycles. The molecule has 1 aliphatic carbocycles. The summed E-state index contributed by atoms with van der Waals surface area (Å²) in [7, 11) is 0. The van der Waals surface area contributed by atoms with Crippen molar-refractivity contribution in [1.82, 2.24) is 15.3 Å². The molecule has 1 aliphatic rings. The fourth-order valence-electron chi connectivity index (χ4n) is 3.62. The first-order chi connectivity index (χ1) is 14.0. The molecule has 1 unspecified atom stereocenters. The summed E-state index contributed by atoms with van der Waals surface area (Å²) < 4.78 is 1.00. The molecule has 0 aliphatic heterocycles. The van der Waals surface area contributed by atoms with Gasteiger partial charge in [-0.05, 0) is 49.4 Å². The molecule has 1 amide bonds. The van der Waals surface area contributed by atoms with Crippen LogP contribution in [0.1, 0.15) is 47.6 Å². The van der Waals surface area contributed by atoms with Crippen LogP contribution >= 0.6 is 39.0 Å². The van der Waals surface area contributed by atoms with Gasteiger partial charge >= 0.3 is 0 Å². The van der Waals surface area contributed by atoms with E-state index in [0.29, 0.717) is 23.8 Å². The van der Waals surface area contributed by atoms with E-state index in [1.807, 2.05) is 31.2 Å². The smallest absolute Gasteiger partial charge is 0.259 e. The van der Waals surface area contributed by atoms with Gasteiger partial charge in [0.2, 0.25) is 5.91 Å². The Morgan fingerprint density at radius 2 is 2.28 bits per heavy atom. The van der Waals surface area contributed by atoms with Gasteiger partial charge in [-0.3, -0.25) is 9.59 Å². The largest absolute Gasteiger partial charge is 0.350 e. The summed E-state index contributed by atoms with van der Waals surface area (Å²) in [6.07, 6.45) is 3.62. The monoisotopic (exact) mass is 491 g/mol. The molecule has 1 atom stereocenters. The van der Waals surface area contributed by atoms with Crippen molar-refractivity contribution in [3.05, 3.63) is 60.9 Å². The Kier molecular flexibility index (Phi) is 6.41. The van der Waals surface area contributed by atoms with Crippen molar-refractivity contribution in [1.29, 1.82) is 0 Å². The summed E-state index contributed by atoms with van der Waals surface area (Å²) in [6.45, 7) is 1.98. The van der Waals surface area contributed by atoms with E-state index in [1.165, 1.54) is 10.4 Å². The standard InChI is InChI=1S/C21H22BrN3O2S2/c1-12(13-4-2-5-14(22)10-13)23-18(26)8-9-28-11-17-24-20(27)19-15-6-3-7-16(15)29-21(19)25-17/h2,4-5,10,12H,3,6-9,11H2,1H3,(H,23,26)(H,24,25,27). The van der Waals surface area contributed by atoms with Gasteiger partial charge in [0.1, 0.15) is 10.7 Å². The molecular formula is C21H22BrN3O2S2. The lowest BCUT2D eigenvalue weighted by Gasteiger charge is -2.14. The van der Waals surface area contributed by atoms with Crippen LogP contribution in [0.15, 0.2) is 33.5 Å². The lowest BCUT2D eigenvalue weighted by Crippen LogP contribution is -2.26. The molecule has 0 saturated heterocycles. The highest BCUT2D eigenvalue weighted by Crippen LogP contribution is 2.34. The van der Waals surface area contributed by atoms with Gasteiger partial charge in [0, 0.05) is 21.5 Å². The summed E-state index contributed by atoms with van der Waals surface area (Å²) >= 11 is 6.72. The number of aryl methyl sites for hydroxylation is 2. The zero-order valence-corrected chi connectivity index (χ0v) is 19.3. The van der Waals surface area contributed by atoms with Gasteiger partial charge in [-0.2, -0.15) is 11.8 Å². The van der Waals surface area contributed by atoms with Crippen molar-refractivity contribution in [2.75, 3.05) is 5.75 Å². The van der Waals surface area contributed by atoms with E-state index in [9.17, 15) is 9.59 Å². The highest BCUT2D eigenvalue weighted by molar-refractivity contribution is 9.10. The topological polar surface area (TPSA) is 74.8 Å². The van der Waals surface area contributed by atoms with Gasteiger partial charge in [-0.1, -0.05) is 28.1 Å². The van der Waals surface area contributed by atoms with E-state index < -0.39 is 0 Å². The molecule has 29 heavy (non-hydrogen) atoms. The van der Waals surface area contributed by atoms with Gasteiger partial charge < -0.3 is 10.3 Å². The average Bonchev–Trinajstić information content (AvgIpc) is 3.26. The van der Waals surface area contributed by atoms with Gasteiger partial charge in [0.05, 0.1) is 17.2 Å². The van der Waals surface area contributed by atoms with Crippen LogP contribution in [-0.4, -0.2) is 21.6 Å². The van der Waals surface area contributed by atoms with Crippen LogP contribution in [0.25, 0.3) is 10.2 Å². The Bertz CT molecular complexity index is 1110. The number of carbonyl (C=O) groups is 1. The number of thioether (sulfide) groups is 1. The molecule has 0 spiro atoms. The number of amides is 1. The molecule has 2 heterocycles. The van der Waals surface area contributed by atoms with E-state index in [1.54, 1.807) is 23.1 Å². The summed E-state index contributed by atoms with van der Waals surface area (Å²) in [6, 6.07) is 7.91. The number of thiophene rings is 1. The number of aromatic nitrogens is 2. The molecule has 152 valence electrons. The molecule has 2 N–H and O–H groups in total. The van der Waals surface area contributed by atoms with E-state index >= 15 is 0 Å². The van der Waals surface area contributed by atoms with E-state index in [0.717, 1.165) is 39.5 Å². The number of nitrogens with zero attached hydrogens (tertiary/aromatic N) is 1. The minimum absolute atomic E-state index is 0.0226. The summed E-state index contributed by atoms with van der Waals surface area (Å²) in [5, 5.41) is 3.82. The summed E-state index contributed by atoms with van der Waals surface area (Å²) in [5.74, 6) is 1.99. The van der Waals surface area contributed by atoms with Crippen molar-refractivity contribution < 1.29 is 4.79 Å². The van der Waals surface area contributed by atoms with Crippen LogP contribution in [0.4, 0.5) is 0 Å². The van der Waals surface area contributed by atoms with E-state index in [-0.39, 0.29) is 17.5 Å². The Balaban J connectivity index is 1.28. The second-order valence-electron chi connectivity index (χ2n) is 7.20. The van der Waals surface area contributed by atoms with Crippen molar-refractivity contribution >= 4 is 55.2 Å². The minimum Gasteiger partial charge on any atom is -0.350 e. The number of H-pyrrole nitrogens is 1. The maximum Gasteiger partial charge on any atom is 0.259 e. The molecule has 8 heteroatoms. The first-order valence-corrected chi connectivity index (χ1v) is 12.4. The number of fused-ring (bicyclic) bond motifs is 3. The highest BCUT2D eigenvalue weighted by Gasteiger charge is 2.21. The van der Waals surface area contributed by atoms with Crippen molar-refractivity contribution in [3.63, 3.8) is 0 Å². The normalized spacial score (nSPS) is 14.1. The fraction of sp³-hybridized carbons (Fsp3) is 0.381. The molecular weight excluding hydrogens is 470 g/mol. The van der Waals surface area contributed by atoms with Crippen molar-refractivity contribution in [2.24, 2.45) is 0 Å². The lowest BCUT2D eigenvalue weighted by atomic mass is 10.1. The first kappa shape index (κ1) is 20.6. The minimum atomic E-state index is -0.0359. The molecule has 0 saturated carbocycles. The SMILES string of the molecule is CC(NC(=O)CCSCc1nc2sc3c(c2c(=O)[nH]1)CCC3)c1cccc(Br)c1. The third-order valence-corrected chi connectivity index (χ3v) is 7.71. The third kappa shape index (κ3) is 4.75. The Morgan fingerprint density at radius 1 is 1.41 bits per heavy atom. The number of benzene rings is 1. The highest BCUT2D eigenvalue weighted by atomic mass is 79.9.